The lowest BCUT2D eigenvalue weighted by molar-refractivity contribution is 0.0713. The first-order valence-electron chi connectivity index (χ1n) is 11.8. The normalized spacial score (nSPS) is 18.2. The summed E-state index contributed by atoms with van der Waals surface area (Å²) in [6, 6.07) is 10.6. The Labute approximate surface area is 197 Å². The molecule has 7 heteroatoms. The van der Waals surface area contributed by atoms with Gasteiger partial charge in [-0.2, -0.15) is 9.61 Å². The van der Waals surface area contributed by atoms with Crippen molar-refractivity contribution in [3.8, 4) is 0 Å². The molecule has 5 rings (SSSR count). The number of aromatic nitrogens is 3. The number of carbonyl (C=O) groups is 1. The van der Waals surface area contributed by atoms with E-state index in [-0.39, 0.29) is 5.91 Å². The smallest absolute Gasteiger partial charge is 0.259 e. The Kier molecular flexibility index (Phi) is 6.44. The third-order valence-electron chi connectivity index (χ3n) is 7.05. The van der Waals surface area contributed by atoms with Crippen LogP contribution in [0.15, 0.2) is 47.2 Å². The van der Waals surface area contributed by atoms with Crippen LogP contribution in [0.3, 0.4) is 0 Å². The SMILES string of the molecule is O=C(c1cnc2c(Br)cnn2c1NCC1CCCCC1)N1CCC(c2ccccc2)CC1. The molecule has 1 aliphatic heterocycles. The van der Waals surface area contributed by atoms with Gasteiger partial charge in [0, 0.05) is 25.8 Å². The van der Waals surface area contributed by atoms with Crippen molar-refractivity contribution >= 4 is 33.3 Å². The predicted molar refractivity (Wildman–Crippen MR) is 130 cm³/mol. The summed E-state index contributed by atoms with van der Waals surface area (Å²) in [6.07, 6.45) is 11.9. The average molecular weight is 496 g/mol. The molecule has 1 N–H and O–H groups in total. The maximum absolute atomic E-state index is 13.6. The zero-order chi connectivity index (χ0) is 21.9. The van der Waals surface area contributed by atoms with Crippen molar-refractivity contribution in [1.82, 2.24) is 19.5 Å². The first-order chi connectivity index (χ1) is 15.7. The van der Waals surface area contributed by atoms with Crippen molar-refractivity contribution < 1.29 is 4.79 Å². The lowest BCUT2D eigenvalue weighted by Gasteiger charge is -2.32. The second-order valence-electron chi connectivity index (χ2n) is 9.11. The van der Waals surface area contributed by atoms with E-state index in [1.165, 1.54) is 37.7 Å². The summed E-state index contributed by atoms with van der Waals surface area (Å²) in [5, 5.41) is 8.08. The second kappa shape index (κ2) is 9.61. The minimum atomic E-state index is 0.0451. The summed E-state index contributed by atoms with van der Waals surface area (Å²) in [7, 11) is 0. The molecular formula is C25H30BrN5O. The molecule has 1 saturated heterocycles. The van der Waals surface area contributed by atoms with E-state index in [4.69, 9.17) is 0 Å². The highest BCUT2D eigenvalue weighted by Crippen LogP contribution is 2.30. The molecule has 0 spiro atoms. The van der Waals surface area contributed by atoms with Crippen LogP contribution in [0.5, 0.6) is 0 Å². The van der Waals surface area contributed by atoms with Gasteiger partial charge in [0.05, 0.1) is 10.7 Å². The van der Waals surface area contributed by atoms with E-state index in [0.717, 1.165) is 48.4 Å². The number of carbonyl (C=O) groups excluding carboxylic acids is 1. The minimum Gasteiger partial charge on any atom is -0.369 e. The number of benzene rings is 1. The third kappa shape index (κ3) is 4.40. The predicted octanol–water partition coefficient (Wildman–Crippen LogP) is 5.50. The molecule has 1 amide bonds. The number of anilines is 1. The fourth-order valence-electron chi connectivity index (χ4n) is 5.17. The van der Waals surface area contributed by atoms with E-state index >= 15 is 0 Å². The number of piperidine rings is 1. The van der Waals surface area contributed by atoms with Crippen LogP contribution in [0.25, 0.3) is 5.65 Å². The van der Waals surface area contributed by atoms with E-state index < -0.39 is 0 Å². The van der Waals surface area contributed by atoms with Crippen LogP contribution in [-0.2, 0) is 0 Å². The fraction of sp³-hybridized carbons (Fsp3) is 0.480. The highest BCUT2D eigenvalue weighted by atomic mass is 79.9. The molecule has 0 unspecified atom stereocenters. The molecule has 0 radical (unpaired) electrons. The molecule has 0 atom stereocenters. The molecule has 6 nitrogen and oxygen atoms in total. The quantitative estimate of drug-likeness (QED) is 0.507. The number of nitrogens with zero attached hydrogens (tertiary/aromatic N) is 4. The summed E-state index contributed by atoms with van der Waals surface area (Å²) in [5.41, 5.74) is 2.72. The zero-order valence-electron chi connectivity index (χ0n) is 18.3. The molecule has 2 fully saturated rings. The summed E-state index contributed by atoms with van der Waals surface area (Å²) in [5.74, 6) is 1.98. The Hall–Kier alpha value is -2.41. The van der Waals surface area contributed by atoms with Gasteiger partial charge in [-0.15, -0.1) is 0 Å². The molecule has 3 heterocycles. The number of rotatable bonds is 5. The number of amides is 1. The van der Waals surface area contributed by atoms with Crippen molar-refractivity contribution in [1.29, 1.82) is 0 Å². The summed E-state index contributed by atoms with van der Waals surface area (Å²) in [6.45, 7) is 2.40. The molecule has 32 heavy (non-hydrogen) atoms. The van der Waals surface area contributed by atoms with Crippen LogP contribution in [0, 0.1) is 5.92 Å². The summed E-state index contributed by atoms with van der Waals surface area (Å²) >= 11 is 3.53. The first kappa shape index (κ1) is 21.4. The molecular weight excluding hydrogens is 466 g/mol. The molecule has 2 aliphatic rings. The number of fused-ring (bicyclic) bond motifs is 1. The molecule has 1 aromatic carbocycles. The maximum Gasteiger partial charge on any atom is 0.259 e. The highest BCUT2D eigenvalue weighted by Gasteiger charge is 2.28. The number of hydrogen-bond acceptors (Lipinski definition) is 4. The van der Waals surface area contributed by atoms with Gasteiger partial charge in [0.25, 0.3) is 5.91 Å². The highest BCUT2D eigenvalue weighted by molar-refractivity contribution is 9.10. The summed E-state index contributed by atoms with van der Waals surface area (Å²) < 4.78 is 2.61. The van der Waals surface area contributed by atoms with Crippen molar-refractivity contribution in [3.05, 3.63) is 58.3 Å². The van der Waals surface area contributed by atoms with Gasteiger partial charge in [0.2, 0.25) is 0 Å². The Balaban J connectivity index is 1.35. The fourth-order valence-corrected chi connectivity index (χ4v) is 5.54. The van der Waals surface area contributed by atoms with Gasteiger partial charge in [-0.1, -0.05) is 49.6 Å². The van der Waals surface area contributed by atoms with Crippen LogP contribution in [0.2, 0.25) is 0 Å². The van der Waals surface area contributed by atoms with Crippen molar-refractivity contribution in [2.45, 2.75) is 50.9 Å². The first-order valence-corrected chi connectivity index (χ1v) is 12.6. The van der Waals surface area contributed by atoms with E-state index in [2.05, 4.69) is 61.7 Å². The van der Waals surface area contributed by atoms with Crippen molar-refractivity contribution in [2.75, 3.05) is 25.0 Å². The average Bonchev–Trinajstić information content (AvgIpc) is 3.24. The molecule has 1 saturated carbocycles. The van der Waals surface area contributed by atoms with Gasteiger partial charge in [-0.3, -0.25) is 4.79 Å². The standard InChI is InChI=1S/C25H30BrN5O/c26-22-17-29-31-23(27-15-18-7-3-1-4-8-18)21(16-28-24(22)31)25(32)30-13-11-20(12-14-30)19-9-5-2-6-10-19/h2,5-6,9-10,16-18,20,27H,1,3-4,7-8,11-15H2. The van der Waals surface area contributed by atoms with Gasteiger partial charge in [0.15, 0.2) is 5.65 Å². The Bertz CT molecular complexity index is 1070. The lowest BCUT2D eigenvalue weighted by atomic mass is 9.89. The minimum absolute atomic E-state index is 0.0451. The number of likely N-dealkylation sites (tertiary alicyclic amines) is 1. The Morgan fingerprint density at radius 3 is 2.53 bits per heavy atom. The van der Waals surface area contributed by atoms with E-state index in [1.807, 2.05) is 4.90 Å². The second-order valence-corrected chi connectivity index (χ2v) is 9.96. The molecule has 0 bridgehead atoms. The Morgan fingerprint density at radius 2 is 1.78 bits per heavy atom. The maximum atomic E-state index is 13.6. The Morgan fingerprint density at radius 1 is 1.03 bits per heavy atom. The number of halogens is 1. The molecule has 168 valence electrons. The van der Waals surface area contributed by atoms with Crippen LogP contribution < -0.4 is 5.32 Å². The van der Waals surface area contributed by atoms with Crippen LogP contribution >= 0.6 is 15.9 Å². The van der Waals surface area contributed by atoms with E-state index in [9.17, 15) is 4.79 Å². The van der Waals surface area contributed by atoms with Crippen molar-refractivity contribution in [2.24, 2.45) is 5.92 Å². The third-order valence-corrected chi connectivity index (χ3v) is 7.61. The molecule has 2 aromatic heterocycles. The molecule has 3 aromatic rings. The van der Waals surface area contributed by atoms with E-state index in [0.29, 0.717) is 17.4 Å². The van der Waals surface area contributed by atoms with Crippen LogP contribution in [0.4, 0.5) is 5.82 Å². The van der Waals surface area contributed by atoms with Gasteiger partial charge >= 0.3 is 0 Å². The topological polar surface area (TPSA) is 62.5 Å². The summed E-state index contributed by atoms with van der Waals surface area (Å²) in [4.78, 5) is 20.1. The van der Waals surface area contributed by atoms with Gasteiger partial charge < -0.3 is 10.2 Å². The van der Waals surface area contributed by atoms with Crippen LogP contribution in [-0.4, -0.2) is 45.0 Å². The van der Waals surface area contributed by atoms with Crippen LogP contribution in [0.1, 0.15) is 66.8 Å². The van der Waals surface area contributed by atoms with E-state index in [1.54, 1.807) is 16.9 Å². The largest absolute Gasteiger partial charge is 0.369 e. The van der Waals surface area contributed by atoms with Gasteiger partial charge in [-0.25, -0.2) is 4.98 Å². The lowest BCUT2D eigenvalue weighted by Crippen LogP contribution is -2.38. The number of hydrogen-bond donors (Lipinski definition) is 1. The van der Waals surface area contributed by atoms with Gasteiger partial charge in [-0.05, 0) is 59.0 Å². The molecule has 1 aliphatic carbocycles. The van der Waals surface area contributed by atoms with Crippen molar-refractivity contribution in [3.63, 3.8) is 0 Å². The zero-order valence-corrected chi connectivity index (χ0v) is 19.9. The monoisotopic (exact) mass is 495 g/mol. The van der Waals surface area contributed by atoms with Gasteiger partial charge in [0.1, 0.15) is 11.4 Å². The number of nitrogens with one attached hydrogen (secondary N) is 1.